The van der Waals surface area contributed by atoms with Crippen LogP contribution in [0.25, 0.3) is 0 Å². The second kappa shape index (κ2) is 8.44. The lowest BCUT2D eigenvalue weighted by molar-refractivity contribution is -0.274. The van der Waals surface area contributed by atoms with Gasteiger partial charge in [-0.05, 0) is 30.4 Å². The summed E-state index contributed by atoms with van der Waals surface area (Å²) in [6, 6.07) is 5.41. The zero-order chi connectivity index (χ0) is 20.8. The van der Waals surface area contributed by atoms with Gasteiger partial charge >= 0.3 is 6.36 Å². The molecule has 0 radical (unpaired) electrons. The van der Waals surface area contributed by atoms with E-state index in [0.717, 1.165) is 12.5 Å². The maximum atomic E-state index is 12.6. The number of guanidine groups is 1. The number of alkyl halides is 3. The lowest BCUT2D eigenvalue weighted by Crippen LogP contribution is -2.35. The number of hydrogen-bond donors (Lipinski definition) is 2. The summed E-state index contributed by atoms with van der Waals surface area (Å²) < 4.78 is 41.4. The first-order chi connectivity index (χ1) is 13.7. The number of ether oxygens (including phenoxy) is 1. The summed E-state index contributed by atoms with van der Waals surface area (Å²) in [4.78, 5) is 30.4. The molecule has 11 heteroatoms. The number of aliphatic imine (C=N–C) groups is 1. The molecule has 1 aromatic rings. The van der Waals surface area contributed by atoms with Gasteiger partial charge in [0.05, 0.1) is 24.1 Å². The van der Waals surface area contributed by atoms with Gasteiger partial charge in [0.15, 0.2) is 11.7 Å². The van der Waals surface area contributed by atoms with Crippen molar-refractivity contribution in [2.75, 3.05) is 18.4 Å². The molecule has 3 aliphatic rings. The molecule has 7 nitrogen and oxygen atoms in total. The Morgan fingerprint density at radius 1 is 1.17 bits per heavy atom. The normalized spacial score (nSPS) is 27.3. The Labute approximate surface area is 187 Å². The van der Waals surface area contributed by atoms with Crippen molar-refractivity contribution in [3.8, 4) is 5.75 Å². The van der Waals surface area contributed by atoms with Crippen LogP contribution in [0, 0.1) is 23.7 Å². The molecule has 0 spiro atoms. The standard InChI is InChI=1S/C19H19F3N4O3.HI/c20-19(21,22)29-13-4-2-1-3-12(13)25-18(23)24-7-8-26-16(27)14-10-5-6-11(9-10)15(14)17(26)28;/h1-6,10-11,14-15H,7-9H2,(H3,23,24,25);1H. The molecule has 2 amide bonds. The molecule has 2 fully saturated rings. The largest absolute Gasteiger partial charge is 0.573 e. The average Bonchev–Trinajstić information content (AvgIpc) is 3.32. The monoisotopic (exact) mass is 536 g/mol. The first-order valence-electron chi connectivity index (χ1n) is 9.20. The van der Waals surface area contributed by atoms with Crippen molar-refractivity contribution in [2.45, 2.75) is 12.8 Å². The van der Waals surface area contributed by atoms with Gasteiger partial charge in [-0.2, -0.15) is 0 Å². The fourth-order valence-electron chi connectivity index (χ4n) is 4.42. The maximum Gasteiger partial charge on any atom is 0.573 e. The minimum Gasteiger partial charge on any atom is -0.404 e. The fourth-order valence-corrected chi connectivity index (χ4v) is 4.42. The number of allylic oxidation sites excluding steroid dienone is 2. The summed E-state index contributed by atoms with van der Waals surface area (Å²) in [6.45, 7) is 0.119. The highest BCUT2D eigenvalue weighted by Gasteiger charge is 2.58. The minimum atomic E-state index is -4.84. The van der Waals surface area contributed by atoms with E-state index in [-0.39, 0.29) is 84.2 Å². The smallest absolute Gasteiger partial charge is 0.404 e. The number of carbonyl (C=O) groups is 2. The number of likely N-dealkylation sites (tertiary alicyclic amines) is 1. The Hall–Kier alpha value is -2.31. The zero-order valence-corrected chi connectivity index (χ0v) is 18.0. The summed E-state index contributed by atoms with van der Waals surface area (Å²) in [5, 5.41) is 2.55. The third-order valence-corrected chi connectivity index (χ3v) is 5.54. The third kappa shape index (κ3) is 4.25. The first kappa shape index (κ1) is 22.4. The van der Waals surface area contributed by atoms with Crippen LogP contribution in [0.5, 0.6) is 5.75 Å². The van der Waals surface area contributed by atoms with E-state index in [9.17, 15) is 22.8 Å². The summed E-state index contributed by atoms with van der Waals surface area (Å²) in [5.41, 5.74) is 5.74. The van der Waals surface area contributed by atoms with Gasteiger partial charge in [-0.15, -0.1) is 37.1 Å². The zero-order valence-electron chi connectivity index (χ0n) is 15.6. The van der Waals surface area contributed by atoms with Crippen LogP contribution in [-0.4, -0.2) is 42.1 Å². The average molecular weight is 536 g/mol. The third-order valence-electron chi connectivity index (χ3n) is 5.54. The Balaban J connectivity index is 0.00000256. The van der Waals surface area contributed by atoms with Crippen LogP contribution in [0.3, 0.4) is 0 Å². The maximum absolute atomic E-state index is 12.6. The quantitative estimate of drug-likeness (QED) is 0.199. The van der Waals surface area contributed by atoms with Crippen LogP contribution in [0.15, 0.2) is 41.4 Å². The molecule has 2 bridgehead atoms. The molecule has 4 rings (SSSR count). The second-order valence-corrected chi connectivity index (χ2v) is 7.26. The molecule has 1 aliphatic heterocycles. The van der Waals surface area contributed by atoms with Crippen LogP contribution in [0.1, 0.15) is 6.42 Å². The van der Waals surface area contributed by atoms with Gasteiger partial charge in [-0.1, -0.05) is 24.3 Å². The number of nitrogens with two attached hydrogens (primary N) is 1. The van der Waals surface area contributed by atoms with E-state index in [1.165, 1.54) is 23.1 Å². The number of fused-ring (bicyclic) bond motifs is 5. The van der Waals surface area contributed by atoms with Gasteiger partial charge < -0.3 is 15.8 Å². The number of anilines is 1. The van der Waals surface area contributed by atoms with Crippen LogP contribution in [0.2, 0.25) is 0 Å². The molecule has 1 aromatic carbocycles. The molecule has 2 aliphatic carbocycles. The van der Waals surface area contributed by atoms with Crippen molar-refractivity contribution < 1.29 is 27.5 Å². The summed E-state index contributed by atoms with van der Waals surface area (Å²) in [5.74, 6) is -1.24. The van der Waals surface area contributed by atoms with Gasteiger partial charge in [-0.25, -0.2) is 0 Å². The molecule has 1 saturated heterocycles. The summed E-state index contributed by atoms with van der Waals surface area (Å²) in [6.07, 6.45) is 0.0453. The molecule has 0 aromatic heterocycles. The van der Waals surface area contributed by atoms with E-state index in [2.05, 4.69) is 15.0 Å². The van der Waals surface area contributed by atoms with Gasteiger partial charge in [-0.3, -0.25) is 19.5 Å². The number of para-hydroxylation sites is 2. The molecule has 3 N–H and O–H groups in total. The number of carbonyl (C=O) groups excluding carboxylic acids is 2. The van der Waals surface area contributed by atoms with Gasteiger partial charge in [0, 0.05) is 6.54 Å². The Morgan fingerprint density at radius 3 is 2.37 bits per heavy atom. The molecule has 162 valence electrons. The van der Waals surface area contributed by atoms with Crippen molar-refractivity contribution in [3.05, 3.63) is 36.4 Å². The minimum absolute atomic E-state index is 0. The van der Waals surface area contributed by atoms with E-state index < -0.39 is 12.1 Å². The molecule has 30 heavy (non-hydrogen) atoms. The summed E-state index contributed by atoms with van der Waals surface area (Å²) in [7, 11) is 0. The number of amides is 2. The van der Waals surface area contributed by atoms with E-state index in [4.69, 9.17) is 5.73 Å². The van der Waals surface area contributed by atoms with Gasteiger partial charge in [0.1, 0.15) is 0 Å². The van der Waals surface area contributed by atoms with E-state index in [0.29, 0.717) is 0 Å². The molecule has 4 atom stereocenters. The molecule has 1 saturated carbocycles. The number of halogens is 4. The number of rotatable bonds is 5. The van der Waals surface area contributed by atoms with E-state index in [1.807, 2.05) is 12.2 Å². The summed E-state index contributed by atoms with van der Waals surface area (Å²) >= 11 is 0. The SMILES string of the molecule is I.NC(=NCCN1C(=O)C2C3C=CC(C3)C2C1=O)Nc1ccccc1OC(F)(F)F. The van der Waals surface area contributed by atoms with Gasteiger partial charge in [0.25, 0.3) is 0 Å². The number of nitrogens with one attached hydrogen (secondary N) is 1. The first-order valence-corrected chi connectivity index (χ1v) is 9.20. The molecular formula is C19H20F3IN4O3. The van der Waals surface area contributed by atoms with Crippen LogP contribution in [-0.2, 0) is 9.59 Å². The predicted molar refractivity (Wildman–Crippen MR) is 113 cm³/mol. The topological polar surface area (TPSA) is 97.0 Å². The number of benzene rings is 1. The van der Waals surface area contributed by atoms with Crippen molar-refractivity contribution in [1.29, 1.82) is 0 Å². The van der Waals surface area contributed by atoms with Crippen molar-refractivity contribution >= 4 is 47.4 Å². The lowest BCUT2D eigenvalue weighted by atomic mass is 9.85. The van der Waals surface area contributed by atoms with Crippen LogP contribution >= 0.6 is 24.0 Å². The highest BCUT2D eigenvalue weighted by Crippen LogP contribution is 2.52. The van der Waals surface area contributed by atoms with Crippen molar-refractivity contribution in [2.24, 2.45) is 34.4 Å². The highest BCUT2D eigenvalue weighted by atomic mass is 127. The lowest BCUT2D eigenvalue weighted by Gasteiger charge is -2.16. The van der Waals surface area contributed by atoms with Crippen molar-refractivity contribution in [3.63, 3.8) is 0 Å². The Bertz CT molecular complexity index is 875. The number of hydrogen-bond acceptors (Lipinski definition) is 4. The number of nitrogens with zero attached hydrogens (tertiary/aromatic N) is 2. The second-order valence-electron chi connectivity index (χ2n) is 7.26. The predicted octanol–water partition coefficient (Wildman–Crippen LogP) is 2.74. The van der Waals surface area contributed by atoms with Crippen LogP contribution < -0.4 is 15.8 Å². The van der Waals surface area contributed by atoms with Crippen LogP contribution in [0.4, 0.5) is 18.9 Å². The molecular weight excluding hydrogens is 516 g/mol. The molecule has 1 heterocycles. The fraction of sp³-hybridized carbons (Fsp3) is 0.421. The van der Waals surface area contributed by atoms with Gasteiger partial charge in [0.2, 0.25) is 11.8 Å². The Morgan fingerprint density at radius 2 is 1.77 bits per heavy atom. The number of imide groups is 1. The van der Waals surface area contributed by atoms with Crippen molar-refractivity contribution in [1.82, 2.24) is 4.90 Å². The van der Waals surface area contributed by atoms with E-state index >= 15 is 0 Å². The molecule has 4 unspecified atom stereocenters. The highest BCUT2D eigenvalue weighted by molar-refractivity contribution is 14.0. The van der Waals surface area contributed by atoms with E-state index in [1.54, 1.807) is 0 Å². The Kier molecular flexibility index (Phi) is 6.29.